The summed E-state index contributed by atoms with van der Waals surface area (Å²) in [6, 6.07) is 15.1. The first kappa shape index (κ1) is 20.7. The van der Waals surface area contributed by atoms with E-state index in [1.165, 1.54) is 6.42 Å². The number of anilines is 1. The lowest BCUT2D eigenvalue weighted by atomic mass is 10.0. The molecule has 2 aromatic rings. The molecule has 6 heteroatoms. The van der Waals surface area contributed by atoms with Gasteiger partial charge in [0.2, 0.25) is 0 Å². The van der Waals surface area contributed by atoms with Gasteiger partial charge >= 0.3 is 0 Å². The quantitative estimate of drug-likeness (QED) is 0.791. The van der Waals surface area contributed by atoms with Gasteiger partial charge in [-0.1, -0.05) is 35.9 Å². The van der Waals surface area contributed by atoms with Crippen LogP contribution in [0.15, 0.2) is 48.5 Å². The minimum absolute atomic E-state index is 0.106. The van der Waals surface area contributed by atoms with E-state index in [9.17, 15) is 9.59 Å². The molecule has 2 aliphatic rings. The second-order valence-corrected chi connectivity index (χ2v) is 8.49. The van der Waals surface area contributed by atoms with Crippen LogP contribution in [0.25, 0.3) is 0 Å². The van der Waals surface area contributed by atoms with Crippen LogP contribution in [0.3, 0.4) is 0 Å². The Balaban J connectivity index is 1.39. The van der Waals surface area contributed by atoms with Crippen molar-refractivity contribution in [1.82, 2.24) is 10.2 Å². The Morgan fingerprint density at radius 1 is 0.833 bits per heavy atom. The average molecular weight is 426 g/mol. The van der Waals surface area contributed by atoms with E-state index >= 15 is 0 Å². The highest BCUT2D eigenvalue weighted by Gasteiger charge is 2.26. The van der Waals surface area contributed by atoms with Crippen molar-refractivity contribution in [3.05, 3.63) is 64.7 Å². The summed E-state index contributed by atoms with van der Waals surface area (Å²) >= 11 is 6.15. The van der Waals surface area contributed by atoms with Gasteiger partial charge in [-0.2, -0.15) is 0 Å². The predicted molar refractivity (Wildman–Crippen MR) is 120 cm³/mol. The molecule has 5 nitrogen and oxygen atoms in total. The molecule has 2 heterocycles. The molecule has 2 aliphatic heterocycles. The van der Waals surface area contributed by atoms with Gasteiger partial charge in [0.05, 0.1) is 16.1 Å². The van der Waals surface area contributed by atoms with Crippen LogP contribution < -0.4 is 10.2 Å². The molecule has 0 radical (unpaired) electrons. The lowest BCUT2D eigenvalue weighted by molar-refractivity contribution is 0.0724. The maximum absolute atomic E-state index is 13.1. The van der Waals surface area contributed by atoms with E-state index in [2.05, 4.69) is 10.2 Å². The van der Waals surface area contributed by atoms with Gasteiger partial charge in [0.25, 0.3) is 11.8 Å². The number of nitrogens with zero attached hydrogens (tertiary/aromatic N) is 2. The fourth-order valence-electron chi connectivity index (χ4n) is 4.37. The third kappa shape index (κ3) is 4.62. The summed E-state index contributed by atoms with van der Waals surface area (Å²) < 4.78 is 0. The number of likely N-dealkylation sites (tertiary alicyclic amines) is 1. The van der Waals surface area contributed by atoms with Gasteiger partial charge in [0.1, 0.15) is 0 Å². The minimum atomic E-state index is -0.125. The highest BCUT2D eigenvalue weighted by Crippen LogP contribution is 2.27. The van der Waals surface area contributed by atoms with Crippen molar-refractivity contribution in [1.29, 1.82) is 0 Å². The van der Waals surface area contributed by atoms with Crippen LogP contribution in [0.4, 0.5) is 5.69 Å². The maximum atomic E-state index is 13.1. The van der Waals surface area contributed by atoms with Crippen molar-refractivity contribution < 1.29 is 9.59 Å². The molecule has 0 spiro atoms. The number of halogens is 1. The summed E-state index contributed by atoms with van der Waals surface area (Å²) in [5.74, 6) is 0.0131. The van der Waals surface area contributed by atoms with E-state index in [1.54, 1.807) is 12.1 Å². The van der Waals surface area contributed by atoms with Gasteiger partial charge < -0.3 is 15.1 Å². The monoisotopic (exact) mass is 425 g/mol. The number of hydrogen-bond donors (Lipinski definition) is 1. The van der Waals surface area contributed by atoms with Gasteiger partial charge in [0.15, 0.2) is 0 Å². The molecule has 30 heavy (non-hydrogen) atoms. The SMILES string of the molecule is O=C(NC1CCN(c2ccccc2C(=O)N2CCCCC2)CC1)c1ccccc1Cl. The summed E-state index contributed by atoms with van der Waals surface area (Å²) in [5.41, 5.74) is 2.31. The van der Waals surface area contributed by atoms with Gasteiger partial charge in [-0.15, -0.1) is 0 Å². The summed E-state index contributed by atoms with van der Waals surface area (Å²) in [6.07, 6.45) is 5.05. The first-order chi connectivity index (χ1) is 14.6. The normalized spacial score (nSPS) is 17.6. The van der Waals surface area contributed by atoms with Crippen molar-refractivity contribution >= 4 is 29.1 Å². The van der Waals surface area contributed by atoms with Crippen molar-refractivity contribution in [2.24, 2.45) is 0 Å². The van der Waals surface area contributed by atoms with Gasteiger partial charge in [-0.3, -0.25) is 9.59 Å². The predicted octanol–water partition coefficient (Wildman–Crippen LogP) is 4.36. The number of nitrogens with one attached hydrogen (secondary N) is 1. The van der Waals surface area contributed by atoms with Crippen LogP contribution in [0, 0.1) is 0 Å². The molecular weight excluding hydrogens is 398 g/mol. The zero-order valence-electron chi connectivity index (χ0n) is 17.1. The number of amides is 2. The van der Waals surface area contributed by atoms with E-state index in [0.29, 0.717) is 10.6 Å². The molecule has 0 saturated carbocycles. The Morgan fingerprint density at radius 3 is 2.17 bits per heavy atom. The number of carbonyl (C=O) groups is 2. The third-order valence-electron chi connectivity index (χ3n) is 6.07. The maximum Gasteiger partial charge on any atom is 0.255 e. The second kappa shape index (κ2) is 9.52. The number of benzene rings is 2. The van der Waals surface area contributed by atoms with Crippen molar-refractivity contribution in [3.8, 4) is 0 Å². The fourth-order valence-corrected chi connectivity index (χ4v) is 4.59. The van der Waals surface area contributed by atoms with E-state index in [0.717, 1.165) is 63.1 Å². The van der Waals surface area contributed by atoms with Crippen LogP contribution in [-0.2, 0) is 0 Å². The Bertz CT molecular complexity index is 903. The molecule has 2 aromatic carbocycles. The third-order valence-corrected chi connectivity index (χ3v) is 6.40. The van der Waals surface area contributed by atoms with E-state index in [4.69, 9.17) is 11.6 Å². The van der Waals surface area contributed by atoms with Gasteiger partial charge in [0, 0.05) is 37.9 Å². The Hall–Kier alpha value is -2.53. The van der Waals surface area contributed by atoms with Gasteiger partial charge in [-0.05, 0) is 56.4 Å². The number of hydrogen-bond acceptors (Lipinski definition) is 3. The molecule has 158 valence electrons. The smallest absolute Gasteiger partial charge is 0.255 e. The van der Waals surface area contributed by atoms with E-state index in [1.807, 2.05) is 41.3 Å². The molecule has 1 N–H and O–H groups in total. The molecule has 0 bridgehead atoms. The molecule has 2 amide bonds. The van der Waals surface area contributed by atoms with E-state index < -0.39 is 0 Å². The molecule has 2 saturated heterocycles. The lowest BCUT2D eigenvalue weighted by Gasteiger charge is -2.36. The highest BCUT2D eigenvalue weighted by atomic mass is 35.5. The van der Waals surface area contributed by atoms with Crippen molar-refractivity contribution in [2.45, 2.75) is 38.1 Å². The fraction of sp³-hybridized carbons (Fsp3) is 0.417. The molecular formula is C24H28ClN3O2. The number of piperidine rings is 2. The Morgan fingerprint density at radius 2 is 1.47 bits per heavy atom. The molecule has 0 unspecified atom stereocenters. The van der Waals surface area contributed by atoms with Crippen molar-refractivity contribution in [3.63, 3.8) is 0 Å². The average Bonchev–Trinajstić information content (AvgIpc) is 2.80. The standard InChI is InChI=1S/C24H28ClN3O2/c25-21-10-4-2-8-19(21)23(29)26-18-12-16-27(17-13-18)22-11-5-3-9-20(22)24(30)28-14-6-1-7-15-28/h2-5,8-11,18H,1,6-7,12-17H2,(H,26,29). The second-order valence-electron chi connectivity index (χ2n) is 8.08. The summed E-state index contributed by atoms with van der Waals surface area (Å²) in [4.78, 5) is 29.9. The zero-order chi connectivity index (χ0) is 20.9. The first-order valence-corrected chi connectivity index (χ1v) is 11.2. The minimum Gasteiger partial charge on any atom is -0.371 e. The zero-order valence-corrected chi connectivity index (χ0v) is 17.9. The molecule has 4 rings (SSSR count). The van der Waals surface area contributed by atoms with E-state index in [-0.39, 0.29) is 17.9 Å². The lowest BCUT2D eigenvalue weighted by Crippen LogP contribution is -2.45. The molecule has 0 atom stereocenters. The molecule has 0 aliphatic carbocycles. The summed E-state index contributed by atoms with van der Waals surface area (Å²) in [7, 11) is 0. The number of rotatable bonds is 4. The largest absolute Gasteiger partial charge is 0.371 e. The van der Waals surface area contributed by atoms with Gasteiger partial charge in [-0.25, -0.2) is 0 Å². The summed E-state index contributed by atoms with van der Waals surface area (Å²) in [6.45, 7) is 3.31. The highest BCUT2D eigenvalue weighted by molar-refractivity contribution is 6.33. The van der Waals surface area contributed by atoms with Crippen LogP contribution in [0.2, 0.25) is 5.02 Å². The van der Waals surface area contributed by atoms with Crippen molar-refractivity contribution in [2.75, 3.05) is 31.1 Å². The van der Waals surface area contributed by atoms with Crippen LogP contribution in [0.1, 0.15) is 52.8 Å². The molecule has 2 fully saturated rings. The van der Waals surface area contributed by atoms with Crippen LogP contribution >= 0.6 is 11.6 Å². The van der Waals surface area contributed by atoms with Crippen LogP contribution in [0.5, 0.6) is 0 Å². The Labute approximate surface area is 183 Å². The first-order valence-electron chi connectivity index (χ1n) is 10.8. The Kier molecular flexibility index (Phi) is 6.58. The summed E-state index contributed by atoms with van der Waals surface area (Å²) in [5, 5.41) is 3.58. The van der Waals surface area contributed by atoms with Crippen LogP contribution in [-0.4, -0.2) is 48.9 Å². The molecule has 0 aromatic heterocycles. The topological polar surface area (TPSA) is 52.7 Å². The number of para-hydroxylation sites is 1. The number of carbonyl (C=O) groups excluding carboxylic acids is 2.